The van der Waals surface area contributed by atoms with Crippen molar-refractivity contribution in [3.63, 3.8) is 0 Å². The third-order valence-corrected chi connectivity index (χ3v) is 6.17. The van der Waals surface area contributed by atoms with E-state index < -0.39 is 4.92 Å². The first-order valence-corrected chi connectivity index (χ1v) is 10.6. The van der Waals surface area contributed by atoms with Crippen molar-refractivity contribution in [2.45, 2.75) is 25.7 Å². The number of aromatic nitrogens is 1. The predicted molar refractivity (Wildman–Crippen MR) is 115 cm³/mol. The Morgan fingerprint density at radius 3 is 2.76 bits per heavy atom. The van der Waals surface area contributed by atoms with Gasteiger partial charge >= 0.3 is 0 Å². The molecule has 8 heteroatoms. The van der Waals surface area contributed by atoms with E-state index in [0.717, 1.165) is 54.0 Å². The molecule has 1 aliphatic rings. The Hall–Kier alpha value is -3.00. The molecule has 0 aliphatic carbocycles. The van der Waals surface area contributed by atoms with Crippen LogP contribution >= 0.6 is 11.3 Å². The standard InChI is InChI=1S/C21H22N4O3S/c26-21(22-11-5-8-20-23-16-6-1-2-7-19(16)29-20)15-9-10-17(18(14-15)25(27)28)24-12-3-4-13-24/h1-2,6-7,9-10,14H,3-5,8,11-13H2,(H,22,26). The number of benzene rings is 2. The molecule has 0 unspecified atom stereocenters. The third-order valence-electron chi connectivity index (χ3n) is 5.07. The van der Waals surface area contributed by atoms with Gasteiger partial charge in [-0.25, -0.2) is 4.98 Å². The van der Waals surface area contributed by atoms with Crippen LogP contribution in [0.15, 0.2) is 42.5 Å². The van der Waals surface area contributed by atoms with E-state index in [4.69, 9.17) is 0 Å². The van der Waals surface area contributed by atoms with Crippen LogP contribution in [0.25, 0.3) is 10.2 Å². The van der Waals surface area contributed by atoms with Crippen LogP contribution in [-0.4, -0.2) is 35.4 Å². The minimum absolute atomic E-state index is 0.00553. The summed E-state index contributed by atoms with van der Waals surface area (Å²) in [6.45, 7) is 2.13. The van der Waals surface area contributed by atoms with Crippen LogP contribution in [0.5, 0.6) is 0 Å². The molecule has 1 N–H and O–H groups in total. The molecule has 0 bridgehead atoms. The van der Waals surface area contributed by atoms with Crippen LogP contribution in [0, 0.1) is 10.1 Å². The minimum atomic E-state index is -0.405. The number of rotatable bonds is 7. The zero-order valence-corrected chi connectivity index (χ0v) is 16.8. The molecule has 4 rings (SSSR count). The lowest BCUT2D eigenvalue weighted by molar-refractivity contribution is -0.384. The largest absolute Gasteiger partial charge is 0.366 e. The number of nitro benzene ring substituents is 1. The highest BCUT2D eigenvalue weighted by molar-refractivity contribution is 7.18. The van der Waals surface area contributed by atoms with Gasteiger partial charge in [-0.2, -0.15) is 0 Å². The molecule has 2 heterocycles. The number of hydrogen-bond donors (Lipinski definition) is 1. The van der Waals surface area contributed by atoms with Gasteiger partial charge in [-0.1, -0.05) is 12.1 Å². The summed E-state index contributed by atoms with van der Waals surface area (Å²) in [6.07, 6.45) is 3.62. The van der Waals surface area contributed by atoms with Crippen molar-refractivity contribution < 1.29 is 9.72 Å². The SMILES string of the molecule is O=C(NCCCc1nc2ccccc2s1)c1ccc(N2CCCC2)c([N+](=O)[O-])c1. The molecular weight excluding hydrogens is 388 g/mol. The Balaban J connectivity index is 1.35. The number of nitro groups is 1. The molecule has 1 aromatic heterocycles. The summed E-state index contributed by atoms with van der Waals surface area (Å²) in [5.74, 6) is -0.287. The normalized spacial score (nSPS) is 13.7. The van der Waals surface area contributed by atoms with Gasteiger partial charge in [0, 0.05) is 37.7 Å². The lowest BCUT2D eigenvalue weighted by Gasteiger charge is -2.17. The van der Waals surface area contributed by atoms with Gasteiger partial charge in [0.25, 0.3) is 11.6 Å². The fourth-order valence-electron chi connectivity index (χ4n) is 3.61. The van der Waals surface area contributed by atoms with E-state index in [1.54, 1.807) is 23.5 Å². The molecule has 29 heavy (non-hydrogen) atoms. The molecule has 1 saturated heterocycles. The molecule has 0 saturated carbocycles. The summed E-state index contributed by atoms with van der Waals surface area (Å²) in [6, 6.07) is 12.8. The first kappa shape index (κ1) is 19.3. The van der Waals surface area contributed by atoms with E-state index in [1.807, 2.05) is 23.1 Å². The molecule has 7 nitrogen and oxygen atoms in total. The molecule has 0 spiro atoms. The van der Waals surface area contributed by atoms with Crippen LogP contribution in [0.4, 0.5) is 11.4 Å². The lowest BCUT2D eigenvalue weighted by Crippen LogP contribution is -2.25. The molecule has 1 amide bonds. The van der Waals surface area contributed by atoms with Gasteiger partial charge in [0.1, 0.15) is 5.69 Å². The number of carbonyl (C=O) groups is 1. The van der Waals surface area contributed by atoms with Crippen LogP contribution < -0.4 is 10.2 Å². The Kier molecular flexibility index (Phi) is 5.71. The first-order valence-electron chi connectivity index (χ1n) is 9.78. The zero-order valence-electron chi connectivity index (χ0n) is 16.0. The summed E-state index contributed by atoms with van der Waals surface area (Å²) >= 11 is 1.67. The average molecular weight is 410 g/mol. The number of thiazole rings is 1. The van der Waals surface area contributed by atoms with Crippen molar-refractivity contribution in [2.75, 3.05) is 24.5 Å². The summed E-state index contributed by atoms with van der Waals surface area (Å²) in [7, 11) is 0. The molecule has 2 aromatic carbocycles. The van der Waals surface area contributed by atoms with Crippen molar-refractivity contribution in [1.82, 2.24) is 10.3 Å². The molecule has 1 fully saturated rings. The third kappa shape index (κ3) is 4.37. The van der Waals surface area contributed by atoms with Crippen molar-refractivity contribution in [3.8, 4) is 0 Å². The average Bonchev–Trinajstić information content (AvgIpc) is 3.40. The van der Waals surface area contributed by atoms with Crippen molar-refractivity contribution in [3.05, 3.63) is 63.1 Å². The molecule has 1 aliphatic heterocycles. The van der Waals surface area contributed by atoms with Gasteiger partial charge in [-0.05, 0) is 43.5 Å². The maximum Gasteiger partial charge on any atom is 0.293 e. The van der Waals surface area contributed by atoms with E-state index in [0.29, 0.717) is 17.8 Å². The Labute approximate surface area is 172 Å². The van der Waals surface area contributed by atoms with Crippen LogP contribution in [0.2, 0.25) is 0 Å². The fraction of sp³-hybridized carbons (Fsp3) is 0.333. The highest BCUT2D eigenvalue weighted by Crippen LogP contribution is 2.31. The summed E-state index contributed by atoms with van der Waals surface area (Å²) < 4.78 is 1.16. The smallest absolute Gasteiger partial charge is 0.293 e. The number of carbonyl (C=O) groups excluding carboxylic acids is 1. The number of nitrogens with zero attached hydrogens (tertiary/aromatic N) is 3. The van der Waals surface area contributed by atoms with Gasteiger partial charge in [-0.3, -0.25) is 14.9 Å². The summed E-state index contributed by atoms with van der Waals surface area (Å²) in [5, 5.41) is 15.4. The van der Waals surface area contributed by atoms with Gasteiger partial charge in [0.05, 0.1) is 20.1 Å². The highest BCUT2D eigenvalue weighted by atomic mass is 32.1. The first-order chi connectivity index (χ1) is 14.1. The van der Waals surface area contributed by atoms with E-state index >= 15 is 0 Å². The highest BCUT2D eigenvalue weighted by Gasteiger charge is 2.23. The second kappa shape index (κ2) is 8.57. The minimum Gasteiger partial charge on any atom is -0.366 e. The lowest BCUT2D eigenvalue weighted by atomic mass is 10.1. The Bertz CT molecular complexity index is 1010. The molecular formula is C21H22N4O3S. The molecule has 3 aromatic rings. The van der Waals surface area contributed by atoms with Crippen LogP contribution in [0.3, 0.4) is 0 Å². The fourth-order valence-corrected chi connectivity index (χ4v) is 4.62. The van der Waals surface area contributed by atoms with Gasteiger partial charge < -0.3 is 10.2 Å². The maximum absolute atomic E-state index is 12.4. The monoisotopic (exact) mass is 410 g/mol. The number of amides is 1. The zero-order chi connectivity index (χ0) is 20.2. The Morgan fingerprint density at radius 2 is 2.00 bits per heavy atom. The topological polar surface area (TPSA) is 88.4 Å². The van der Waals surface area contributed by atoms with Gasteiger partial charge in [-0.15, -0.1) is 11.3 Å². The molecule has 0 radical (unpaired) electrons. The van der Waals surface area contributed by atoms with Crippen LogP contribution in [-0.2, 0) is 6.42 Å². The second-order valence-corrected chi connectivity index (χ2v) is 8.20. The number of anilines is 1. The van der Waals surface area contributed by atoms with Gasteiger partial charge in [0.2, 0.25) is 0 Å². The van der Waals surface area contributed by atoms with Gasteiger partial charge in [0.15, 0.2) is 0 Å². The summed E-state index contributed by atoms with van der Waals surface area (Å²) in [4.78, 5) is 30.1. The van der Waals surface area contributed by atoms with Crippen molar-refractivity contribution in [1.29, 1.82) is 0 Å². The number of fused-ring (bicyclic) bond motifs is 1. The van der Waals surface area contributed by atoms with E-state index in [9.17, 15) is 14.9 Å². The number of para-hydroxylation sites is 1. The van der Waals surface area contributed by atoms with E-state index in [-0.39, 0.29) is 11.6 Å². The van der Waals surface area contributed by atoms with E-state index in [2.05, 4.69) is 16.4 Å². The maximum atomic E-state index is 12.4. The summed E-state index contributed by atoms with van der Waals surface area (Å²) in [5.41, 5.74) is 1.91. The second-order valence-electron chi connectivity index (χ2n) is 7.09. The van der Waals surface area contributed by atoms with Crippen molar-refractivity contribution in [2.24, 2.45) is 0 Å². The molecule has 150 valence electrons. The predicted octanol–water partition coefficient (Wildman–Crippen LogP) is 4.17. The molecule has 0 atom stereocenters. The number of nitrogens with one attached hydrogen (secondary N) is 1. The quantitative estimate of drug-likeness (QED) is 0.359. The number of aryl methyl sites for hydroxylation is 1. The van der Waals surface area contributed by atoms with E-state index in [1.165, 1.54) is 6.07 Å². The number of hydrogen-bond acceptors (Lipinski definition) is 6. The van der Waals surface area contributed by atoms with Crippen LogP contribution in [0.1, 0.15) is 34.6 Å². The van der Waals surface area contributed by atoms with Crippen molar-refractivity contribution >= 4 is 38.8 Å². The Morgan fingerprint density at radius 1 is 1.21 bits per heavy atom.